The number of thiazole rings is 1. The van der Waals surface area contributed by atoms with Gasteiger partial charge < -0.3 is 10.0 Å². The van der Waals surface area contributed by atoms with E-state index in [1.54, 1.807) is 16.3 Å². The lowest BCUT2D eigenvalue weighted by Crippen LogP contribution is -2.16. The van der Waals surface area contributed by atoms with Crippen LogP contribution in [0.5, 0.6) is 5.88 Å². The Hall–Kier alpha value is -1.50. The minimum absolute atomic E-state index is 0.216. The van der Waals surface area contributed by atoms with Gasteiger partial charge in [-0.1, -0.05) is 30.5 Å². The van der Waals surface area contributed by atoms with Gasteiger partial charge in [-0.3, -0.25) is 4.57 Å². The van der Waals surface area contributed by atoms with E-state index in [4.69, 9.17) is 12.2 Å². The molecule has 2 heterocycles. The molecule has 3 rings (SSSR count). The average molecular weight is 363 g/mol. The summed E-state index contributed by atoms with van der Waals surface area (Å²) in [6.07, 6.45) is 2.04. The third-order valence-electron chi connectivity index (χ3n) is 3.73. The third-order valence-corrected chi connectivity index (χ3v) is 6.35. The number of para-hydroxylation sites is 1. The molecule has 1 aromatic carbocycles. The van der Waals surface area contributed by atoms with E-state index in [9.17, 15) is 5.11 Å². The number of aromatic nitrogens is 1. The predicted molar refractivity (Wildman–Crippen MR) is 103 cm³/mol. The molecule has 1 N–H and O–H groups in total. The molecule has 0 amide bonds. The van der Waals surface area contributed by atoms with Crippen molar-refractivity contribution in [2.75, 3.05) is 11.4 Å². The second kappa shape index (κ2) is 6.55. The van der Waals surface area contributed by atoms with Gasteiger partial charge in [0.25, 0.3) is 0 Å². The molecule has 0 unspecified atom stereocenters. The van der Waals surface area contributed by atoms with E-state index in [2.05, 4.69) is 42.7 Å². The van der Waals surface area contributed by atoms with Crippen LogP contribution in [0, 0.1) is 3.95 Å². The first-order valence-electron chi connectivity index (χ1n) is 7.44. The van der Waals surface area contributed by atoms with Crippen molar-refractivity contribution in [3.63, 3.8) is 0 Å². The summed E-state index contributed by atoms with van der Waals surface area (Å²) in [6.45, 7) is 9.79. The molecule has 0 radical (unpaired) electrons. The van der Waals surface area contributed by atoms with Crippen LogP contribution in [0.2, 0.25) is 0 Å². The van der Waals surface area contributed by atoms with E-state index >= 15 is 0 Å². The molecule has 0 spiro atoms. The first-order chi connectivity index (χ1) is 11.1. The fourth-order valence-electron chi connectivity index (χ4n) is 2.59. The quantitative estimate of drug-likeness (QED) is 0.728. The van der Waals surface area contributed by atoms with Crippen molar-refractivity contribution in [1.82, 2.24) is 4.57 Å². The Kier molecular flexibility index (Phi) is 4.66. The number of allylic oxidation sites excluding steroid dienone is 2. The number of rotatable bonds is 4. The lowest BCUT2D eigenvalue weighted by atomic mass is 10.2. The van der Waals surface area contributed by atoms with Gasteiger partial charge in [0.15, 0.2) is 3.95 Å². The zero-order valence-electron chi connectivity index (χ0n) is 13.1. The highest BCUT2D eigenvalue weighted by molar-refractivity contribution is 8.03. The van der Waals surface area contributed by atoms with Gasteiger partial charge in [0.05, 0.1) is 15.6 Å². The Bertz CT molecular complexity index is 848. The highest BCUT2D eigenvalue weighted by atomic mass is 32.2. The normalized spacial score (nSPS) is 15.2. The smallest absolute Gasteiger partial charge is 0.211 e. The molecule has 120 valence electrons. The zero-order chi connectivity index (χ0) is 16.6. The first-order valence-corrected chi connectivity index (χ1v) is 9.48. The highest BCUT2D eigenvalue weighted by Crippen LogP contribution is 2.46. The highest BCUT2D eigenvalue weighted by Gasteiger charge is 2.24. The van der Waals surface area contributed by atoms with E-state index in [0.717, 1.165) is 22.0 Å². The summed E-state index contributed by atoms with van der Waals surface area (Å²) < 4.78 is 2.40. The summed E-state index contributed by atoms with van der Waals surface area (Å²) in [5.41, 5.74) is 2.02. The number of thioether (sulfide) groups is 1. The Morgan fingerprint density at radius 2 is 2.04 bits per heavy atom. The molecule has 0 atom stereocenters. The second-order valence-electron chi connectivity index (χ2n) is 5.09. The van der Waals surface area contributed by atoms with Gasteiger partial charge in [0.2, 0.25) is 5.88 Å². The summed E-state index contributed by atoms with van der Waals surface area (Å²) in [7, 11) is 0. The van der Waals surface area contributed by atoms with Gasteiger partial charge in [0, 0.05) is 18.0 Å². The zero-order valence-corrected chi connectivity index (χ0v) is 15.5. The standard InChI is InChI=1S/C17H18N2OS3/c1-4-18-12-8-6-7-9-13(12)22-14(18)10-11(3)15-16(20)19(5-2)17(21)23-15/h6-10,20H,3-5H2,1-2H3/b14-10-. The number of hydrogen-bond acceptors (Lipinski definition) is 5. The second-order valence-corrected chi connectivity index (χ2v) is 7.79. The van der Waals surface area contributed by atoms with Crippen LogP contribution in [-0.4, -0.2) is 16.2 Å². The van der Waals surface area contributed by atoms with Crippen LogP contribution in [0.3, 0.4) is 0 Å². The van der Waals surface area contributed by atoms with Gasteiger partial charge in [0.1, 0.15) is 0 Å². The number of benzene rings is 1. The van der Waals surface area contributed by atoms with Crippen LogP contribution in [0.25, 0.3) is 5.57 Å². The van der Waals surface area contributed by atoms with Crippen LogP contribution in [-0.2, 0) is 6.54 Å². The Morgan fingerprint density at radius 1 is 1.30 bits per heavy atom. The van der Waals surface area contributed by atoms with Crippen LogP contribution in [0.4, 0.5) is 5.69 Å². The average Bonchev–Trinajstić information content (AvgIpc) is 3.03. The molecule has 0 bridgehead atoms. The Morgan fingerprint density at radius 3 is 2.70 bits per heavy atom. The van der Waals surface area contributed by atoms with Crippen LogP contribution < -0.4 is 4.90 Å². The van der Waals surface area contributed by atoms with Crippen molar-refractivity contribution >= 4 is 46.6 Å². The Balaban J connectivity index is 1.96. The number of anilines is 1. The van der Waals surface area contributed by atoms with Crippen molar-refractivity contribution in [1.29, 1.82) is 0 Å². The first kappa shape index (κ1) is 16.4. The summed E-state index contributed by atoms with van der Waals surface area (Å²) in [6, 6.07) is 8.36. The minimum Gasteiger partial charge on any atom is -0.493 e. The van der Waals surface area contributed by atoms with Crippen molar-refractivity contribution < 1.29 is 5.11 Å². The lowest BCUT2D eigenvalue weighted by Gasteiger charge is -2.18. The molecule has 1 aliphatic rings. The lowest BCUT2D eigenvalue weighted by molar-refractivity contribution is 0.419. The van der Waals surface area contributed by atoms with Crippen molar-refractivity contribution in [2.24, 2.45) is 0 Å². The summed E-state index contributed by atoms with van der Waals surface area (Å²) in [4.78, 5) is 4.26. The molecule has 23 heavy (non-hydrogen) atoms. The third kappa shape index (κ3) is 2.86. The fourth-order valence-corrected chi connectivity index (χ4v) is 5.14. The van der Waals surface area contributed by atoms with E-state index < -0.39 is 0 Å². The maximum atomic E-state index is 10.3. The van der Waals surface area contributed by atoms with Crippen LogP contribution in [0.15, 0.2) is 46.8 Å². The van der Waals surface area contributed by atoms with Crippen molar-refractivity contribution in [3.05, 3.63) is 50.8 Å². The summed E-state index contributed by atoms with van der Waals surface area (Å²) in [5, 5.41) is 11.5. The van der Waals surface area contributed by atoms with E-state index in [1.165, 1.54) is 21.9 Å². The molecule has 0 saturated heterocycles. The summed E-state index contributed by atoms with van der Waals surface area (Å²) >= 11 is 8.44. The number of aromatic hydroxyl groups is 1. The fraction of sp³-hybridized carbons (Fsp3) is 0.235. The maximum Gasteiger partial charge on any atom is 0.211 e. The molecule has 0 fully saturated rings. The summed E-state index contributed by atoms with van der Waals surface area (Å²) in [5.74, 6) is 0.216. The molecule has 3 nitrogen and oxygen atoms in total. The number of nitrogens with zero attached hydrogens (tertiary/aromatic N) is 2. The molecule has 0 saturated carbocycles. The SMILES string of the molecule is C=C(/C=C1\Sc2ccccc2N1CC)c1sc(=S)n(CC)c1O. The van der Waals surface area contributed by atoms with Crippen LogP contribution in [0.1, 0.15) is 18.7 Å². The van der Waals surface area contributed by atoms with E-state index in [0.29, 0.717) is 10.5 Å². The molecule has 1 aromatic heterocycles. The van der Waals surface area contributed by atoms with Gasteiger partial charge >= 0.3 is 0 Å². The molecular weight excluding hydrogens is 344 g/mol. The van der Waals surface area contributed by atoms with E-state index in [1.807, 2.05) is 13.0 Å². The molecule has 6 heteroatoms. The van der Waals surface area contributed by atoms with Crippen LogP contribution >= 0.6 is 35.3 Å². The molecule has 1 aliphatic heterocycles. The van der Waals surface area contributed by atoms with Gasteiger partial charge in [-0.15, -0.1) is 11.3 Å². The monoisotopic (exact) mass is 362 g/mol. The van der Waals surface area contributed by atoms with Gasteiger partial charge in [-0.05, 0) is 49.8 Å². The topological polar surface area (TPSA) is 28.4 Å². The van der Waals surface area contributed by atoms with Crippen molar-refractivity contribution in [3.8, 4) is 5.88 Å². The number of fused-ring (bicyclic) bond motifs is 1. The van der Waals surface area contributed by atoms with Gasteiger partial charge in [-0.25, -0.2) is 0 Å². The molecule has 2 aromatic rings. The number of hydrogen-bond donors (Lipinski definition) is 1. The molecular formula is C17H18N2OS3. The van der Waals surface area contributed by atoms with Crippen molar-refractivity contribution in [2.45, 2.75) is 25.3 Å². The molecule has 0 aliphatic carbocycles. The largest absolute Gasteiger partial charge is 0.493 e. The maximum absolute atomic E-state index is 10.3. The van der Waals surface area contributed by atoms with Gasteiger partial charge in [-0.2, -0.15) is 0 Å². The minimum atomic E-state index is 0.216. The Labute approximate surface area is 149 Å². The van der Waals surface area contributed by atoms with E-state index in [-0.39, 0.29) is 5.88 Å². The predicted octanol–water partition coefficient (Wildman–Crippen LogP) is 5.49.